The van der Waals surface area contributed by atoms with Crippen LogP contribution in [0.25, 0.3) is 0 Å². The van der Waals surface area contributed by atoms with E-state index in [1.54, 1.807) is 0 Å². The first-order valence-electron chi connectivity index (χ1n) is 7.94. The molecule has 0 bridgehead atoms. The zero-order chi connectivity index (χ0) is 17.0. The van der Waals surface area contributed by atoms with Gasteiger partial charge in [-0.05, 0) is 31.5 Å². The molecule has 0 aliphatic rings. The Morgan fingerprint density at radius 2 is 1.78 bits per heavy atom. The molecule has 2 rings (SSSR count). The first-order chi connectivity index (χ1) is 10.9. The number of nitrogens with zero attached hydrogens (tertiary/aromatic N) is 2. The Hall–Kier alpha value is -2.08. The molecule has 0 aliphatic heterocycles. The molecule has 0 spiro atoms. The van der Waals surface area contributed by atoms with Gasteiger partial charge in [0.15, 0.2) is 17.3 Å². The molecule has 6 nitrogen and oxygen atoms in total. The van der Waals surface area contributed by atoms with Crippen LogP contribution in [0.1, 0.15) is 57.9 Å². The van der Waals surface area contributed by atoms with Gasteiger partial charge in [-0.3, -0.25) is 5.10 Å². The Morgan fingerprint density at radius 3 is 2.35 bits per heavy atom. The molecule has 23 heavy (non-hydrogen) atoms. The highest BCUT2D eigenvalue weighted by Crippen LogP contribution is 2.31. The summed E-state index contributed by atoms with van der Waals surface area (Å²) in [6.07, 6.45) is 0. The molecule has 0 fully saturated rings. The topological polar surface area (TPSA) is 86.0 Å². The first-order valence-corrected chi connectivity index (χ1v) is 7.94. The van der Waals surface area contributed by atoms with Gasteiger partial charge in [-0.25, -0.2) is 4.98 Å². The predicted octanol–water partition coefficient (Wildman–Crippen LogP) is 2.95. The standard InChI is InChI=1S/C17H26N4O2/c1-6-22-12-9-8-11(10-13(12)23-7-2)14(18)15-19-16(21-20-15)17(3,4)5/h8-10,14H,6-7,18H2,1-5H3,(H,19,20,21)/t14-/m0/s1. The van der Waals surface area contributed by atoms with Gasteiger partial charge < -0.3 is 15.2 Å². The van der Waals surface area contributed by atoms with Crippen molar-refractivity contribution in [2.24, 2.45) is 5.73 Å². The molecule has 0 unspecified atom stereocenters. The highest BCUT2D eigenvalue weighted by atomic mass is 16.5. The summed E-state index contributed by atoms with van der Waals surface area (Å²) in [7, 11) is 0. The van der Waals surface area contributed by atoms with Crippen molar-refractivity contribution in [3.63, 3.8) is 0 Å². The van der Waals surface area contributed by atoms with Gasteiger partial charge in [0, 0.05) is 5.41 Å². The van der Waals surface area contributed by atoms with E-state index in [-0.39, 0.29) is 5.41 Å². The second-order valence-corrected chi connectivity index (χ2v) is 6.34. The van der Waals surface area contributed by atoms with Crippen LogP contribution in [0.3, 0.4) is 0 Å². The van der Waals surface area contributed by atoms with E-state index in [4.69, 9.17) is 15.2 Å². The summed E-state index contributed by atoms with van der Waals surface area (Å²) in [6, 6.07) is 5.31. The second-order valence-electron chi connectivity index (χ2n) is 6.34. The molecule has 2 aromatic rings. The lowest BCUT2D eigenvalue weighted by Gasteiger charge is -2.15. The van der Waals surface area contributed by atoms with Gasteiger partial charge in [0.2, 0.25) is 0 Å². The summed E-state index contributed by atoms with van der Waals surface area (Å²) in [5.41, 5.74) is 7.11. The monoisotopic (exact) mass is 318 g/mol. The molecule has 1 heterocycles. The normalized spacial score (nSPS) is 13.0. The third kappa shape index (κ3) is 4.01. The highest BCUT2D eigenvalue weighted by Gasteiger charge is 2.22. The molecule has 0 amide bonds. The van der Waals surface area contributed by atoms with E-state index in [9.17, 15) is 0 Å². The van der Waals surface area contributed by atoms with Crippen LogP contribution in [0.5, 0.6) is 11.5 Å². The molecular formula is C17H26N4O2. The van der Waals surface area contributed by atoms with Crippen LogP contribution < -0.4 is 15.2 Å². The maximum Gasteiger partial charge on any atom is 0.161 e. The number of H-pyrrole nitrogens is 1. The van der Waals surface area contributed by atoms with Crippen LogP contribution in [0.15, 0.2) is 18.2 Å². The number of ether oxygens (including phenoxy) is 2. The number of aromatic nitrogens is 3. The number of aromatic amines is 1. The fourth-order valence-electron chi connectivity index (χ4n) is 2.17. The summed E-state index contributed by atoms with van der Waals surface area (Å²) in [5, 5.41) is 7.21. The van der Waals surface area contributed by atoms with Crippen LogP contribution in [-0.4, -0.2) is 28.4 Å². The minimum Gasteiger partial charge on any atom is -0.490 e. The van der Waals surface area contributed by atoms with E-state index in [0.29, 0.717) is 24.8 Å². The van der Waals surface area contributed by atoms with Crippen molar-refractivity contribution >= 4 is 0 Å². The Labute approximate surface area is 137 Å². The highest BCUT2D eigenvalue weighted by molar-refractivity contribution is 5.44. The lowest BCUT2D eigenvalue weighted by Crippen LogP contribution is -2.16. The Bertz CT molecular complexity index is 646. The predicted molar refractivity (Wildman–Crippen MR) is 89.9 cm³/mol. The first kappa shape index (κ1) is 17.3. The average molecular weight is 318 g/mol. The Balaban J connectivity index is 2.29. The van der Waals surface area contributed by atoms with Crippen LogP contribution in [0.4, 0.5) is 0 Å². The number of nitrogens with one attached hydrogen (secondary N) is 1. The minimum atomic E-state index is -0.395. The van der Waals surface area contributed by atoms with E-state index < -0.39 is 6.04 Å². The SMILES string of the molecule is CCOc1ccc([C@H](N)c2nc(C(C)(C)C)n[nH]2)cc1OCC. The molecule has 6 heteroatoms. The fourth-order valence-corrected chi connectivity index (χ4v) is 2.17. The minimum absolute atomic E-state index is 0.121. The summed E-state index contributed by atoms with van der Waals surface area (Å²) >= 11 is 0. The average Bonchev–Trinajstić information content (AvgIpc) is 2.99. The van der Waals surface area contributed by atoms with Crippen molar-refractivity contribution in [2.45, 2.75) is 46.1 Å². The lowest BCUT2D eigenvalue weighted by atomic mass is 9.96. The molecule has 1 aromatic heterocycles. The zero-order valence-electron chi connectivity index (χ0n) is 14.5. The van der Waals surface area contributed by atoms with Crippen LogP contribution in [0.2, 0.25) is 0 Å². The summed E-state index contributed by atoms with van der Waals surface area (Å²) < 4.78 is 11.2. The van der Waals surface area contributed by atoms with Gasteiger partial charge >= 0.3 is 0 Å². The third-order valence-corrected chi connectivity index (χ3v) is 3.39. The zero-order valence-corrected chi connectivity index (χ0v) is 14.5. The van der Waals surface area contributed by atoms with E-state index >= 15 is 0 Å². The van der Waals surface area contributed by atoms with Crippen LogP contribution in [0, 0.1) is 0 Å². The molecule has 126 valence electrons. The van der Waals surface area contributed by atoms with Crippen LogP contribution in [-0.2, 0) is 5.41 Å². The lowest BCUT2D eigenvalue weighted by molar-refractivity contribution is 0.287. The van der Waals surface area contributed by atoms with E-state index in [1.165, 1.54) is 0 Å². The maximum absolute atomic E-state index is 6.33. The number of nitrogens with two attached hydrogens (primary N) is 1. The quantitative estimate of drug-likeness (QED) is 0.855. The summed E-state index contributed by atoms with van der Waals surface area (Å²) in [6.45, 7) is 11.2. The van der Waals surface area contributed by atoms with Crippen LogP contribution >= 0.6 is 0 Å². The number of rotatable bonds is 6. The van der Waals surface area contributed by atoms with Crippen molar-refractivity contribution in [2.75, 3.05) is 13.2 Å². The van der Waals surface area contributed by atoms with Gasteiger partial charge in [0.25, 0.3) is 0 Å². The summed E-state index contributed by atoms with van der Waals surface area (Å²) in [4.78, 5) is 4.53. The molecular weight excluding hydrogens is 292 g/mol. The molecule has 0 saturated carbocycles. The third-order valence-electron chi connectivity index (χ3n) is 3.39. The van der Waals surface area contributed by atoms with E-state index in [1.807, 2.05) is 32.0 Å². The largest absolute Gasteiger partial charge is 0.490 e. The molecule has 0 radical (unpaired) electrons. The maximum atomic E-state index is 6.33. The van der Waals surface area contributed by atoms with Gasteiger partial charge in [0.05, 0.1) is 19.3 Å². The number of hydrogen-bond acceptors (Lipinski definition) is 5. The van der Waals surface area contributed by atoms with Crippen molar-refractivity contribution in [3.8, 4) is 11.5 Å². The van der Waals surface area contributed by atoms with Gasteiger partial charge in [0.1, 0.15) is 5.82 Å². The van der Waals surface area contributed by atoms with E-state index in [2.05, 4.69) is 36.0 Å². The van der Waals surface area contributed by atoms with Crippen molar-refractivity contribution in [1.82, 2.24) is 15.2 Å². The Kier molecular flexibility index (Phi) is 5.26. The Morgan fingerprint density at radius 1 is 1.13 bits per heavy atom. The molecule has 1 atom stereocenters. The summed E-state index contributed by atoms with van der Waals surface area (Å²) in [5.74, 6) is 2.80. The molecule has 0 saturated heterocycles. The second kappa shape index (κ2) is 7.00. The molecule has 1 aromatic carbocycles. The number of hydrogen-bond donors (Lipinski definition) is 2. The van der Waals surface area contributed by atoms with Gasteiger partial charge in [-0.2, -0.15) is 5.10 Å². The molecule has 3 N–H and O–H groups in total. The van der Waals surface area contributed by atoms with Crippen molar-refractivity contribution in [3.05, 3.63) is 35.4 Å². The van der Waals surface area contributed by atoms with Gasteiger partial charge in [-0.15, -0.1) is 0 Å². The molecule has 0 aliphatic carbocycles. The van der Waals surface area contributed by atoms with E-state index in [0.717, 1.165) is 17.1 Å². The van der Waals surface area contributed by atoms with Gasteiger partial charge in [-0.1, -0.05) is 26.8 Å². The smallest absolute Gasteiger partial charge is 0.161 e. The fraction of sp³-hybridized carbons (Fsp3) is 0.529. The van der Waals surface area contributed by atoms with Crippen molar-refractivity contribution < 1.29 is 9.47 Å². The van der Waals surface area contributed by atoms with Crippen molar-refractivity contribution in [1.29, 1.82) is 0 Å². The number of benzene rings is 1.